The molecule has 1 aromatic heterocycles. The highest BCUT2D eigenvalue weighted by atomic mass is 35.5. The van der Waals surface area contributed by atoms with Gasteiger partial charge in [0.05, 0.1) is 17.9 Å². The molecule has 1 heterocycles. The van der Waals surface area contributed by atoms with Crippen molar-refractivity contribution < 1.29 is 0 Å². The van der Waals surface area contributed by atoms with Gasteiger partial charge >= 0.3 is 0 Å². The Balaban J connectivity index is 2.36. The van der Waals surface area contributed by atoms with Crippen LogP contribution in [0.1, 0.15) is 18.8 Å². The van der Waals surface area contributed by atoms with Crippen LogP contribution in [0, 0.1) is 0 Å². The molecule has 0 bridgehead atoms. The van der Waals surface area contributed by atoms with Crippen molar-refractivity contribution in [1.29, 1.82) is 0 Å². The molecule has 0 aliphatic carbocycles. The van der Waals surface area contributed by atoms with Crippen molar-refractivity contribution in [3.8, 4) is 11.3 Å². The van der Waals surface area contributed by atoms with Gasteiger partial charge < -0.3 is 5.32 Å². The first kappa shape index (κ1) is 12.0. The van der Waals surface area contributed by atoms with Crippen molar-refractivity contribution in [3.63, 3.8) is 0 Å². The molecule has 0 saturated heterocycles. The summed E-state index contributed by atoms with van der Waals surface area (Å²) in [7, 11) is 1.86. The summed E-state index contributed by atoms with van der Waals surface area (Å²) in [5.74, 6) is 0.681. The van der Waals surface area contributed by atoms with Gasteiger partial charge in [0, 0.05) is 10.6 Å². The number of nitrogens with one attached hydrogen (secondary N) is 1. The molecule has 1 N–H and O–H groups in total. The first-order valence-corrected chi connectivity index (χ1v) is 5.71. The number of halogens is 1. The van der Waals surface area contributed by atoms with Crippen LogP contribution in [0.15, 0.2) is 30.5 Å². The van der Waals surface area contributed by atoms with E-state index in [2.05, 4.69) is 20.5 Å². The zero-order valence-electron chi connectivity index (χ0n) is 9.68. The van der Waals surface area contributed by atoms with Crippen molar-refractivity contribution in [2.45, 2.75) is 13.0 Å². The Bertz CT molecular complexity index is 498. The third-order valence-corrected chi connectivity index (χ3v) is 2.79. The number of aromatic nitrogens is 3. The fraction of sp³-hybridized carbons (Fsp3) is 0.250. The molecule has 88 valence electrons. The van der Waals surface area contributed by atoms with Gasteiger partial charge in [-0.05, 0) is 26.1 Å². The van der Waals surface area contributed by atoms with E-state index in [-0.39, 0.29) is 6.04 Å². The highest BCUT2D eigenvalue weighted by Gasteiger charge is 2.08. The van der Waals surface area contributed by atoms with E-state index >= 15 is 0 Å². The number of hydrogen-bond acceptors (Lipinski definition) is 4. The predicted molar refractivity (Wildman–Crippen MR) is 67.7 cm³/mol. The Hall–Kier alpha value is -1.52. The van der Waals surface area contributed by atoms with Gasteiger partial charge in [0.15, 0.2) is 5.82 Å². The minimum Gasteiger partial charge on any atom is -0.311 e. The van der Waals surface area contributed by atoms with Gasteiger partial charge in [-0.2, -0.15) is 5.10 Å². The lowest BCUT2D eigenvalue weighted by molar-refractivity contribution is 0.598. The maximum absolute atomic E-state index is 5.84. The van der Waals surface area contributed by atoms with Gasteiger partial charge in [0.2, 0.25) is 0 Å². The summed E-state index contributed by atoms with van der Waals surface area (Å²) in [6.45, 7) is 1.99. The summed E-state index contributed by atoms with van der Waals surface area (Å²) in [5, 5.41) is 11.8. The molecular weight excluding hydrogens is 236 g/mol. The number of hydrogen-bond donors (Lipinski definition) is 1. The van der Waals surface area contributed by atoms with Crippen LogP contribution in [0.3, 0.4) is 0 Å². The monoisotopic (exact) mass is 248 g/mol. The minimum atomic E-state index is 0.0785. The molecule has 0 spiro atoms. The average Bonchev–Trinajstić information content (AvgIpc) is 2.39. The van der Waals surface area contributed by atoms with Gasteiger partial charge in [-0.15, -0.1) is 5.10 Å². The van der Waals surface area contributed by atoms with Crippen molar-refractivity contribution in [2.24, 2.45) is 0 Å². The predicted octanol–water partition coefficient (Wildman–Crippen LogP) is 2.47. The van der Waals surface area contributed by atoms with Crippen LogP contribution in [-0.4, -0.2) is 22.2 Å². The quantitative estimate of drug-likeness (QED) is 0.907. The van der Waals surface area contributed by atoms with Crippen molar-refractivity contribution in [1.82, 2.24) is 20.5 Å². The Morgan fingerprint density at radius 1 is 1.24 bits per heavy atom. The number of nitrogens with zero attached hydrogens (tertiary/aromatic N) is 3. The van der Waals surface area contributed by atoms with Gasteiger partial charge in [-0.1, -0.05) is 23.7 Å². The Morgan fingerprint density at radius 3 is 2.59 bits per heavy atom. The first-order chi connectivity index (χ1) is 8.20. The van der Waals surface area contributed by atoms with Gasteiger partial charge in [0.25, 0.3) is 0 Å². The third kappa shape index (κ3) is 2.78. The van der Waals surface area contributed by atoms with Crippen LogP contribution in [0.25, 0.3) is 11.3 Å². The molecule has 4 nitrogen and oxygen atoms in total. The van der Waals surface area contributed by atoms with Crippen LogP contribution in [0.5, 0.6) is 0 Å². The van der Waals surface area contributed by atoms with Crippen LogP contribution in [0.4, 0.5) is 0 Å². The molecular formula is C12H13ClN4. The van der Waals surface area contributed by atoms with E-state index in [1.807, 2.05) is 38.2 Å². The third-order valence-electron chi connectivity index (χ3n) is 2.54. The molecule has 2 aromatic rings. The van der Waals surface area contributed by atoms with Crippen LogP contribution in [-0.2, 0) is 0 Å². The summed E-state index contributed by atoms with van der Waals surface area (Å²) in [6.07, 6.45) is 1.65. The summed E-state index contributed by atoms with van der Waals surface area (Å²) in [5.41, 5.74) is 1.78. The zero-order valence-corrected chi connectivity index (χ0v) is 10.4. The number of rotatable bonds is 3. The highest BCUT2D eigenvalue weighted by molar-refractivity contribution is 6.30. The summed E-state index contributed by atoms with van der Waals surface area (Å²) < 4.78 is 0. The second kappa shape index (κ2) is 5.21. The molecule has 0 amide bonds. The molecule has 17 heavy (non-hydrogen) atoms. The summed E-state index contributed by atoms with van der Waals surface area (Å²) >= 11 is 5.84. The first-order valence-electron chi connectivity index (χ1n) is 5.33. The molecule has 5 heteroatoms. The van der Waals surface area contributed by atoms with Crippen molar-refractivity contribution >= 4 is 11.6 Å². The van der Waals surface area contributed by atoms with Crippen LogP contribution in [0.2, 0.25) is 5.02 Å². The topological polar surface area (TPSA) is 50.7 Å². The fourth-order valence-electron chi connectivity index (χ4n) is 1.39. The Kier molecular flexibility index (Phi) is 3.66. The van der Waals surface area contributed by atoms with E-state index in [0.29, 0.717) is 10.8 Å². The molecule has 0 aliphatic heterocycles. The highest BCUT2D eigenvalue weighted by Crippen LogP contribution is 2.19. The van der Waals surface area contributed by atoms with E-state index in [4.69, 9.17) is 11.6 Å². The summed E-state index contributed by atoms with van der Waals surface area (Å²) in [4.78, 5) is 4.46. The Morgan fingerprint density at radius 2 is 1.94 bits per heavy atom. The average molecular weight is 249 g/mol. The molecule has 0 saturated carbocycles. The molecule has 1 aromatic carbocycles. The molecule has 0 aliphatic rings. The second-order valence-electron chi connectivity index (χ2n) is 3.72. The van der Waals surface area contributed by atoms with E-state index < -0.39 is 0 Å². The molecule has 2 rings (SSSR count). The van der Waals surface area contributed by atoms with E-state index in [1.165, 1.54) is 0 Å². The van der Waals surface area contributed by atoms with E-state index in [9.17, 15) is 0 Å². The van der Waals surface area contributed by atoms with Gasteiger partial charge in [-0.3, -0.25) is 0 Å². The largest absolute Gasteiger partial charge is 0.311 e. The Labute approximate surface area is 105 Å². The lowest BCUT2D eigenvalue weighted by Gasteiger charge is -2.08. The van der Waals surface area contributed by atoms with Gasteiger partial charge in [0.1, 0.15) is 0 Å². The van der Waals surface area contributed by atoms with Crippen molar-refractivity contribution in [3.05, 3.63) is 41.3 Å². The smallest absolute Gasteiger partial charge is 0.168 e. The van der Waals surface area contributed by atoms with Crippen LogP contribution >= 0.6 is 11.6 Å². The maximum atomic E-state index is 5.84. The van der Waals surface area contributed by atoms with Crippen molar-refractivity contribution in [2.75, 3.05) is 7.05 Å². The second-order valence-corrected chi connectivity index (χ2v) is 4.15. The normalized spacial score (nSPS) is 12.4. The van der Waals surface area contributed by atoms with Crippen LogP contribution < -0.4 is 5.32 Å². The summed E-state index contributed by atoms with van der Waals surface area (Å²) in [6, 6.07) is 7.58. The van der Waals surface area contributed by atoms with E-state index in [1.54, 1.807) is 6.20 Å². The molecule has 0 fully saturated rings. The molecule has 0 radical (unpaired) electrons. The van der Waals surface area contributed by atoms with Gasteiger partial charge in [-0.25, -0.2) is 4.98 Å². The van der Waals surface area contributed by atoms with E-state index in [0.717, 1.165) is 11.3 Å². The minimum absolute atomic E-state index is 0.0785. The number of benzene rings is 1. The molecule has 1 unspecified atom stereocenters. The molecule has 1 atom stereocenters. The standard InChI is InChI=1S/C12H13ClN4/c1-8(14-2)12-16-11(7-15-17-12)9-3-5-10(13)6-4-9/h3-8,14H,1-2H3. The lowest BCUT2D eigenvalue weighted by Crippen LogP contribution is -2.16. The maximum Gasteiger partial charge on any atom is 0.168 e. The fourth-order valence-corrected chi connectivity index (χ4v) is 1.52. The lowest BCUT2D eigenvalue weighted by atomic mass is 10.1. The zero-order chi connectivity index (χ0) is 12.3. The SMILES string of the molecule is CNC(C)c1nncc(-c2ccc(Cl)cc2)n1.